The van der Waals surface area contributed by atoms with Gasteiger partial charge in [-0.25, -0.2) is 4.68 Å². The van der Waals surface area contributed by atoms with Crippen molar-refractivity contribution in [2.75, 3.05) is 16.9 Å². The minimum atomic E-state index is -0.190. The molecule has 9 heteroatoms. The number of nitrogen functional groups attached to an aromatic ring is 1. The van der Waals surface area contributed by atoms with Crippen molar-refractivity contribution in [1.82, 2.24) is 19.9 Å². The Balaban J connectivity index is 1.63. The van der Waals surface area contributed by atoms with Crippen molar-refractivity contribution in [2.45, 2.75) is 5.16 Å². The summed E-state index contributed by atoms with van der Waals surface area (Å²) >= 11 is 7.07. The van der Waals surface area contributed by atoms with Crippen molar-refractivity contribution in [1.29, 1.82) is 0 Å². The molecule has 3 aromatic rings. The Morgan fingerprint density at radius 3 is 2.88 bits per heavy atom. The lowest BCUT2D eigenvalue weighted by Gasteiger charge is -2.05. The van der Waals surface area contributed by atoms with Gasteiger partial charge in [-0.15, -0.1) is 10.2 Å². The van der Waals surface area contributed by atoms with Crippen LogP contribution in [0.5, 0.6) is 0 Å². The van der Waals surface area contributed by atoms with Gasteiger partial charge in [0, 0.05) is 16.9 Å². The molecule has 0 atom stereocenters. The number of aromatic nitrogens is 4. The van der Waals surface area contributed by atoms with Crippen LogP contribution in [0.4, 0.5) is 5.69 Å². The number of carbonyl (C=O) groups excluding carboxylic acids is 1. The van der Waals surface area contributed by atoms with Crippen LogP contribution in [0.2, 0.25) is 5.02 Å². The number of amides is 1. The van der Waals surface area contributed by atoms with Crippen LogP contribution in [0.1, 0.15) is 0 Å². The maximum atomic E-state index is 12.0. The number of halogens is 1. The number of hydrogen-bond donors (Lipinski definition) is 2. The molecule has 0 bridgehead atoms. The van der Waals surface area contributed by atoms with Crippen LogP contribution in [0, 0.1) is 0 Å². The van der Waals surface area contributed by atoms with Crippen LogP contribution in [-0.4, -0.2) is 31.5 Å². The molecule has 0 radical (unpaired) electrons. The Kier molecular flexibility index (Phi) is 4.97. The van der Waals surface area contributed by atoms with Crippen molar-refractivity contribution < 1.29 is 4.79 Å². The van der Waals surface area contributed by atoms with Gasteiger partial charge in [-0.2, -0.15) is 0 Å². The Morgan fingerprint density at radius 1 is 1.25 bits per heavy atom. The van der Waals surface area contributed by atoms with Gasteiger partial charge in [-0.3, -0.25) is 9.78 Å². The largest absolute Gasteiger partial charge is 0.335 e. The first-order valence-corrected chi connectivity index (χ1v) is 8.30. The average Bonchev–Trinajstić information content (AvgIpc) is 2.94. The molecule has 2 heterocycles. The fraction of sp³-hybridized carbons (Fsp3) is 0.0667. The van der Waals surface area contributed by atoms with E-state index in [1.807, 2.05) is 6.07 Å². The maximum Gasteiger partial charge on any atom is 0.234 e. The molecule has 0 unspecified atom stereocenters. The number of benzene rings is 1. The molecule has 7 nitrogen and oxygen atoms in total. The van der Waals surface area contributed by atoms with E-state index in [-0.39, 0.29) is 11.7 Å². The zero-order chi connectivity index (χ0) is 16.9. The number of rotatable bonds is 5. The van der Waals surface area contributed by atoms with E-state index < -0.39 is 0 Å². The minimum absolute atomic E-state index is 0.143. The fourth-order valence-electron chi connectivity index (χ4n) is 1.94. The monoisotopic (exact) mass is 360 g/mol. The van der Waals surface area contributed by atoms with Crippen LogP contribution in [0.3, 0.4) is 0 Å². The van der Waals surface area contributed by atoms with Gasteiger partial charge in [-0.05, 0) is 30.3 Å². The van der Waals surface area contributed by atoms with Gasteiger partial charge >= 0.3 is 0 Å². The molecule has 0 saturated heterocycles. The van der Waals surface area contributed by atoms with Crippen molar-refractivity contribution >= 4 is 35.0 Å². The summed E-state index contributed by atoms with van der Waals surface area (Å²) in [5.74, 6) is 6.37. The molecule has 122 valence electrons. The van der Waals surface area contributed by atoms with E-state index in [2.05, 4.69) is 20.5 Å². The highest BCUT2D eigenvalue weighted by Crippen LogP contribution is 2.20. The van der Waals surface area contributed by atoms with Gasteiger partial charge in [0.25, 0.3) is 0 Å². The minimum Gasteiger partial charge on any atom is -0.335 e. The van der Waals surface area contributed by atoms with Crippen LogP contribution >= 0.6 is 23.4 Å². The number of nitrogens with zero attached hydrogens (tertiary/aromatic N) is 4. The average molecular weight is 361 g/mol. The predicted molar refractivity (Wildman–Crippen MR) is 94.2 cm³/mol. The SMILES string of the molecule is Nn1c(SCC(=O)Nc2cccc(Cl)c2)nnc1-c1ccccn1. The summed E-state index contributed by atoms with van der Waals surface area (Å²) < 4.78 is 1.32. The summed E-state index contributed by atoms with van der Waals surface area (Å²) in [5.41, 5.74) is 1.25. The number of carbonyl (C=O) groups is 1. The van der Waals surface area contributed by atoms with E-state index in [0.29, 0.717) is 27.4 Å². The highest BCUT2D eigenvalue weighted by molar-refractivity contribution is 7.99. The smallest absolute Gasteiger partial charge is 0.234 e. The lowest BCUT2D eigenvalue weighted by atomic mass is 10.3. The molecule has 0 aliphatic heterocycles. The molecule has 24 heavy (non-hydrogen) atoms. The van der Waals surface area contributed by atoms with Gasteiger partial charge in [0.15, 0.2) is 0 Å². The number of nitrogens with one attached hydrogen (secondary N) is 1. The molecule has 1 amide bonds. The first-order chi connectivity index (χ1) is 11.6. The summed E-state index contributed by atoms with van der Waals surface area (Å²) in [5, 5.41) is 11.8. The highest BCUT2D eigenvalue weighted by Gasteiger charge is 2.14. The normalized spacial score (nSPS) is 10.5. The molecule has 3 N–H and O–H groups in total. The molecular weight excluding hydrogens is 348 g/mol. The Bertz CT molecular complexity index is 854. The lowest BCUT2D eigenvalue weighted by molar-refractivity contribution is -0.113. The van der Waals surface area contributed by atoms with Gasteiger partial charge in [0.05, 0.1) is 5.75 Å². The quantitative estimate of drug-likeness (QED) is 0.535. The predicted octanol–water partition coefficient (Wildman–Crippen LogP) is 2.44. The number of thioether (sulfide) groups is 1. The topological polar surface area (TPSA) is 98.7 Å². The van der Waals surface area contributed by atoms with Crippen molar-refractivity contribution in [3.63, 3.8) is 0 Å². The molecule has 0 aliphatic rings. The third-order valence-corrected chi connectivity index (χ3v) is 4.18. The molecule has 0 spiro atoms. The summed E-state index contributed by atoms with van der Waals surface area (Å²) in [6.07, 6.45) is 1.65. The second-order valence-electron chi connectivity index (χ2n) is 4.74. The number of hydrogen-bond acceptors (Lipinski definition) is 6. The maximum absolute atomic E-state index is 12.0. The lowest BCUT2D eigenvalue weighted by Crippen LogP contribution is -2.16. The second-order valence-corrected chi connectivity index (χ2v) is 6.12. The van der Waals surface area contributed by atoms with E-state index in [1.165, 1.54) is 16.4 Å². The first-order valence-electron chi connectivity index (χ1n) is 6.93. The zero-order valence-corrected chi connectivity index (χ0v) is 14.0. The molecule has 3 rings (SSSR count). The Morgan fingerprint density at radius 2 is 2.12 bits per heavy atom. The van der Waals surface area contributed by atoms with Crippen molar-refractivity contribution in [2.24, 2.45) is 0 Å². The highest BCUT2D eigenvalue weighted by atomic mass is 35.5. The summed E-state index contributed by atoms with van der Waals surface area (Å²) in [6, 6.07) is 12.4. The summed E-state index contributed by atoms with van der Waals surface area (Å²) in [4.78, 5) is 16.2. The Hall–Kier alpha value is -2.58. The number of anilines is 1. The molecule has 2 aromatic heterocycles. The third-order valence-electron chi connectivity index (χ3n) is 3.00. The van der Waals surface area contributed by atoms with E-state index >= 15 is 0 Å². The van der Waals surface area contributed by atoms with Crippen LogP contribution < -0.4 is 11.2 Å². The van der Waals surface area contributed by atoms with Crippen molar-refractivity contribution in [3.05, 3.63) is 53.7 Å². The summed E-state index contributed by atoms with van der Waals surface area (Å²) in [7, 11) is 0. The molecule has 1 aromatic carbocycles. The van der Waals surface area contributed by atoms with E-state index in [1.54, 1.807) is 42.6 Å². The van der Waals surface area contributed by atoms with E-state index in [4.69, 9.17) is 17.4 Å². The van der Waals surface area contributed by atoms with Gasteiger partial charge < -0.3 is 11.2 Å². The van der Waals surface area contributed by atoms with Gasteiger partial charge in [0.1, 0.15) is 5.69 Å². The fourth-order valence-corrected chi connectivity index (χ4v) is 2.79. The molecular formula is C15H13ClN6OS. The third kappa shape index (κ3) is 3.84. The Labute approximate surface area is 147 Å². The zero-order valence-electron chi connectivity index (χ0n) is 12.4. The number of nitrogens with two attached hydrogens (primary N) is 1. The van der Waals surface area contributed by atoms with Gasteiger partial charge in [-0.1, -0.05) is 35.5 Å². The standard InChI is InChI=1S/C15H13ClN6OS/c16-10-4-3-5-11(8-10)19-13(23)9-24-15-21-20-14(22(15)17)12-6-1-2-7-18-12/h1-8H,9,17H2,(H,19,23). The molecule has 0 fully saturated rings. The van der Waals surface area contributed by atoms with E-state index in [0.717, 1.165) is 0 Å². The number of pyridine rings is 1. The van der Waals surface area contributed by atoms with Crippen LogP contribution in [-0.2, 0) is 4.79 Å². The summed E-state index contributed by atoms with van der Waals surface area (Å²) in [6.45, 7) is 0. The second kappa shape index (κ2) is 7.33. The van der Waals surface area contributed by atoms with Crippen LogP contribution in [0.15, 0.2) is 53.8 Å². The van der Waals surface area contributed by atoms with Crippen molar-refractivity contribution in [3.8, 4) is 11.5 Å². The van der Waals surface area contributed by atoms with Crippen LogP contribution in [0.25, 0.3) is 11.5 Å². The van der Waals surface area contributed by atoms with Gasteiger partial charge in [0.2, 0.25) is 16.9 Å². The molecule has 0 saturated carbocycles. The van der Waals surface area contributed by atoms with E-state index in [9.17, 15) is 4.79 Å². The first kappa shape index (κ1) is 16.3. The molecule has 0 aliphatic carbocycles.